The summed E-state index contributed by atoms with van der Waals surface area (Å²) in [6, 6.07) is 7.71. The topological polar surface area (TPSA) is 58.6 Å². The van der Waals surface area contributed by atoms with Gasteiger partial charge in [0.15, 0.2) is 6.61 Å². The monoisotopic (exact) mass is 382 g/mol. The fraction of sp³-hybridized carbons (Fsp3) is 0.176. The van der Waals surface area contributed by atoms with Crippen LogP contribution in [0, 0.1) is 5.82 Å². The van der Waals surface area contributed by atoms with Gasteiger partial charge in [0.1, 0.15) is 17.6 Å². The van der Waals surface area contributed by atoms with Crippen LogP contribution in [0.3, 0.4) is 0 Å². The van der Waals surface area contributed by atoms with E-state index in [9.17, 15) is 14.0 Å². The number of rotatable bonds is 3. The number of amides is 2. The molecule has 0 fully saturated rings. The maximum absolute atomic E-state index is 13.4. The van der Waals surface area contributed by atoms with Crippen LogP contribution in [0.5, 0.6) is 5.75 Å². The van der Waals surface area contributed by atoms with Gasteiger partial charge in [-0.3, -0.25) is 14.5 Å². The van der Waals surface area contributed by atoms with Crippen LogP contribution in [0.2, 0.25) is 10.0 Å². The molecule has 2 aromatic carbocycles. The highest BCUT2D eigenvalue weighted by atomic mass is 35.5. The van der Waals surface area contributed by atoms with E-state index in [1.54, 1.807) is 19.1 Å². The molecule has 8 heteroatoms. The van der Waals surface area contributed by atoms with Crippen LogP contribution in [0.15, 0.2) is 36.4 Å². The third-order valence-corrected chi connectivity index (χ3v) is 4.50. The Hall–Kier alpha value is -2.31. The van der Waals surface area contributed by atoms with E-state index in [1.807, 2.05) is 0 Å². The zero-order valence-corrected chi connectivity index (χ0v) is 14.6. The molecule has 130 valence electrons. The van der Waals surface area contributed by atoms with Gasteiger partial charge in [0.05, 0.1) is 21.4 Å². The predicted molar refractivity (Wildman–Crippen MR) is 93.9 cm³/mol. The summed E-state index contributed by atoms with van der Waals surface area (Å²) >= 11 is 11.7. The number of nitrogens with zero attached hydrogens (tertiary/aromatic N) is 1. The second-order valence-electron chi connectivity index (χ2n) is 5.46. The second-order valence-corrected chi connectivity index (χ2v) is 6.27. The second kappa shape index (κ2) is 6.90. The summed E-state index contributed by atoms with van der Waals surface area (Å²) in [5.74, 6) is -0.980. The number of nitrogens with one attached hydrogen (secondary N) is 1. The first kappa shape index (κ1) is 17.5. The van der Waals surface area contributed by atoms with Crippen LogP contribution in [0.1, 0.15) is 6.92 Å². The third-order valence-electron chi connectivity index (χ3n) is 3.76. The molecule has 3 rings (SSSR count). The van der Waals surface area contributed by atoms with Gasteiger partial charge >= 0.3 is 0 Å². The first-order valence-electron chi connectivity index (χ1n) is 7.37. The quantitative estimate of drug-likeness (QED) is 0.875. The normalized spacial score (nSPS) is 16.2. The Morgan fingerprint density at radius 1 is 1.24 bits per heavy atom. The highest BCUT2D eigenvalue weighted by Gasteiger charge is 2.34. The fourth-order valence-electron chi connectivity index (χ4n) is 2.51. The highest BCUT2D eigenvalue weighted by molar-refractivity contribution is 6.42. The van der Waals surface area contributed by atoms with Crippen LogP contribution < -0.4 is 15.0 Å². The fourth-order valence-corrected chi connectivity index (χ4v) is 2.80. The van der Waals surface area contributed by atoms with Crippen molar-refractivity contribution in [1.82, 2.24) is 0 Å². The molecule has 0 aliphatic carbocycles. The molecule has 0 aromatic heterocycles. The van der Waals surface area contributed by atoms with Crippen molar-refractivity contribution in [3.05, 3.63) is 52.3 Å². The van der Waals surface area contributed by atoms with Crippen LogP contribution in [0.25, 0.3) is 0 Å². The molecule has 1 N–H and O–H groups in total. The molecular formula is C17H13Cl2FN2O3. The number of carbonyl (C=O) groups excluding carboxylic acids is 2. The van der Waals surface area contributed by atoms with Crippen molar-refractivity contribution in [2.24, 2.45) is 0 Å². The average molecular weight is 383 g/mol. The molecule has 0 spiro atoms. The maximum Gasteiger partial charge on any atom is 0.265 e. The van der Waals surface area contributed by atoms with Crippen molar-refractivity contribution < 1.29 is 18.7 Å². The summed E-state index contributed by atoms with van der Waals surface area (Å²) in [6.07, 6.45) is 0. The van der Waals surface area contributed by atoms with Crippen LogP contribution in [-0.2, 0) is 9.59 Å². The molecule has 25 heavy (non-hydrogen) atoms. The Labute approximate surface area is 153 Å². The van der Waals surface area contributed by atoms with Gasteiger partial charge in [0, 0.05) is 6.07 Å². The number of anilines is 2. The van der Waals surface area contributed by atoms with E-state index in [-0.39, 0.29) is 12.3 Å². The number of carbonyl (C=O) groups is 2. The van der Waals surface area contributed by atoms with Crippen LogP contribution in [0.4, 0.5) is 15.8 Å². The lowest BCUT2D eigenvalue weighted by molar-refractivity contribution is -0.124. The van der Waals surface area contributed by atoms with Crippen molar-refractivity contribution >= 4 is 46.4 Å². The largest absolute Gasteiger partial charge is 0.484 e. The Balaban J connectivity index is 1.81. The van der Waals surface area contributed by atoms with Gasteiger partial charge in [-0.2, -0.15) is 0 Å². The van der Waals surface area contributed by atoms with Gasteiger partial charge < -0.3 is 10.1 Å². The van der Waals surface area contributed by atoms with Crippen molar-refractivity contribution in [2.75, 3.05) is 16.8 Å². The van der Waals surface area contributed by atoms with Crippen molar-refractivity contribution in [1.29, 1.82) is 0 Å². The van der Waals surface area contributed by atoms with E-state index in [0.29, 0.717) is 21.5 Å². The summed E-state index contributed by atoms with van der Waals surface area (Å²) in [7, 11) is 0. The molecule has 0 saturated heterocycles. The molecule has 0 saturated carbocycles. The van der Waals surface area contributed by atoms with Gasteiger partial charge in [-0.15, -0.1) is 0 Å². The van der Waals surface area contributed by atoms with E-state index in [1.165, 1.54) is 29.2 Å². The number of hydrogen-bond acceptors (Lipinski definition) is 3. The lowest BCUT2D eigenvalue weighted by Crippen LogP contribution is -2.50. The number of benzene rings is 2. The first-order valence-corrected chi connectivity index (χ1v) is 8.12. The van der Waals surface area contributed by atoms with E-state index in [2.05, 4.69) is 5.32 Å². The summed E-state index contributed by atoms with van der Waals surface area (Å²) in [5.41, 5.74) is 0.655. The van der Waals surface area contributed by atoms with E-state index in [0.717, 1.165) is 0 Å². The average Bonchev–Trinajstić information content (AvgIpc) is 2.57. The van der Waals surface area contributed by atoms with E-state index in [4.69, 9.17) is 27.9 Å². The molecule has 2 aromatic rings. The Morgan fingerprint density at radius 3 is 2.72 bits per heavy atom. The van der Waals surface area contributed by atoms with Crippen molar-refractivity contribution in [3.8, 4) is 5.75 Å². The SMILES string of the molecule is CC1C(=O)Nc2cc(F)ccc2N1C(=O)COc1ccc(Cl)c(Cl)c1. The summed E-state index contributed by atoms with van der Waals surface area (Å²) in [5, 5.41) is 3.25. The molecule has 0 bridgehead atoms. The molecule has 1 unspecified atom stereocenters. The Morgan fingerprint density at radius 2 is 2.00 bits per heavy atom. The van der Waals surface area contributed by atoms with Crippen LogP contribution in [-0.4, -0.2) is 24.5 Å². The third kappa shape index (κ3) is 3.55. The standard InChI is InChI=1S/C17H13Cl2FN2O3/c1-9-17(24)21-14-6-10(20)2-5-15(14)22(9)16(23)8-25-11-3-4-12(18)13(19)7-11/h2-7,9H,8H2,1H3,(H,21,24). The zero-order chi connectivity index (χ0) is 18.1. The molecule has 1 aliphatic rings. The molecule has 1 aliphatic heterocycles. The summed E-state index contributed by atoms with van der Waals surface area (Å²) in [6.45, 7) is 1.27. The maximum atomic E-state index is 13.4. The lowest BCUT2D eigenvalue weighted by atomic mass is 10.1. The number of hydrogen-bond donors (Lipinski definition) is 1. The number of halogens is 3. The molecule has 1 atom stereocenters. The molecule has 2 amide bonds. The minimum atomic E-state index is -0.747. The Kier molecular flexibility index (Phi) is 4.83. The van der Waals surface area contributed by atoms with Gasteiger partial charge in [0.25, 0.3) is 5.91 Å². The smallest absolute Gasteiger partial charge is 0.265 e. The first-order chi connectivity index (χ1) is 11.9. The van der Waals surface area contributed by atoms with E-state index >= 15 is 0 Å². The van der Waals surface area contributed by atoms with Crippen molar-refractivity contribution in [3.63, 3.8) is 0 Å². The molecule has 5 nitrogen and oxygen atoms in total. The highest BCUT2D eigenvalue weighted by Crippen LogP contribution is 2.33. The molecule has 1 heterocycles. The minimum absolute atomic E-state index is 0.242. The number of fused-ring (bicyclic) bond motifs is 1. The van der Waals surface area contributed by atoms with Gasteiger partial charge in [-0.05, 0) is 37.3 Å². The van der Waals surface area contributed by atoms with E-state index < -0.39 is 23.7 Å². The van der Waals surface area contributed by atoms with Crippen LogP contribution >= 0.6 is 23.2 Å². The Bertz CT molecular complexity index is 860. The summed E-state index contributed by atoms with van der Waals surface area (Å²) < 4.78 is 18.8. The summed E-state index contributed by atoms with van der Waals surface area (Å²) in [4.78, 5) is 25.9. The van der Waals surface area contributed by atoms with Gasteiger partial charge in [0.2, 0.25) is 5.91 Å². The molecular weight excluding hydrogens is 370 g/mol. The zero-order valence-electron chi connectivity index (χ0n) is 13.1. The minimum Gasteiger partial charge on any atom is -0.484 e. The molecule has 0 radical (unpaired) electrons. The van der Waals surface area contributed by atoms with Gasteiger partial charge in [-0.1, -0.05) is 23.2 Å². The number of ether oxygens (including phenoxy) is 1. The lowest BCUT2D eigenvalue weighted by Gasteiger charge is -2.34. The van der Waals surface area contributed by atoms with Crippen molar-refractivity contribution in [2.45, 2.75) is 13.0 Å². The predicted octanol–water partition coefficient (Wildman–Crippen LogP) is 3.89. The van der Waals surface area contributed by atoms with Gasteiger partial charge in [-0.25, -0.2) is 4.39 Å².